The second-order valence-corrected chi connectivity index (χ2v) is 5.13. The molecule has 1 saturated carbocycles. The van der Waals surface area contributed by atoms with Crippen LogP contribution in [0, 0.1) is 5.92 Å². The number of hydrogen-bond acceptors (Lipinski definition) is 4. The topological polar surface area (TPSA) is 29.5 Å². The lowest BCUT2D eigenvalue weighted by Crippen LogP contribution is -2.40. The van der Waals surface area contributed by atoms with E-state index in [9.17, 15) is 4.79 Å². The van der Waals surface area contributed by atoms with Crippen molar-refractivity contribution in [2.75, 3.05) is 14.2 Å². The van der Waals surface area contributed by atoms with Crippen LogP contribution in [0.3, 0.4) is 0 Å². The third kappa shape index (κ3) is 2.62. The van der Waals surface area contributed by atoms with Crippen molar-refractivity contribution in [3.05, 3.63) is 22.4 Å². The first-order valence-electron chi connectivity index (χ1n) is 5.51. The van der Waals surface area contributed by atoms with Gasteiger partial charge < -0.3 is 4.74 Å². The molecule has 0 spiro atoms. The summed E-state index contributed by atoms with van der Waals surface area (Å²) in [5.74, 6) is 0.399. The molecule has 1 aromatic heterocycles. The average molecular weight is 239 g/mol. The van der Waals surface area contributed by atoms with Gasteiger partial charge >= 0.3 is 5.97 Å². The fourth-order valence-corrected chi connectivity index (χ4v) is 2.69. The van der Waals surface area contributed by atoms with Crippen LogP contribution in [0.4, 0.5) is 0 Å². The van der Waals surface area contributed by atoms with Crippen molar-refractivity contribution in [1.82, 2.24) is 4.90 Å². The molecule has 1 aliphatic rings. The van der Waals surface area contributed by atoms with E-state index in [1.165, 1.54) is 12.7 Å². The minimum Gasteiger partial charge on any atom is -0.468 e. The fourth-order valence-electron chi connectivity index (χ4n) is 2.03. The van der Waals surface area contributed by atoms with Crippen LogP contribution in [0.15, 0.2) is 16.8 Å². The maximum Gasteiger partial charge on any atom is 0.323 e. The molecule has 0 aromatic carbocycles. The molecular formula is C12H17NO2S. The first kappa shape index (κ1) is 11.6. The molecule has 1 fully saturated rings. The Morgan fingerprint density at radius 2 is 2.44 bits per heavy atom. The molecule has 1 aromatic rings. The van der Waals surface area contributed by atoms with Gasteiger partial charge in [-0.2, -0.15) is 11.3 Å². The van der Waals surface area contributed by atoms with Gasteiger partial charge in [0.2, 0.25) is 0 Å². The van der Waals surface area contributed by atoms with Gasteiger partial charge in [0.15, 0.2) is 0 Å². The van der Waals surface area contributed by atoms with Crippen LogP contribution < -0.4 is 0 Å². The second-order valence-electron chi connectivity index (χ2n) is 4.35. The number of thiophene rings is 1. The van der Waals surface area contributed by atoms with E-state index in [1.807, 2.05) is 7.05 Å². The van der Waals surface area contributed by atoms with Crippen molar-refractivity contribution in [3.63, 3.8) is 0 Å². The largest absolute Gasteiger partial charge is 0.468 e. The van der Waals surface area contributed by atoms with E-state index in [0.717, 1.165) is 19.4 Å². The standard InChI is InChI=1S/C12H17NO2S/c1-13(7-9-5-6-16-8-9)11(10-3-4-10)12(14)15-2/h5-6,8,10-11H,3-4,7H2,1-2H3. The van der Waals surface area contributed by atoms with Crippen molar-refractivity contribution in [2.45, 2.75) is 25.4 Å². The molecule has 0 bridgehead atoms. The predicted octanol–water partition coefficient (Wildman–Crippen LogP) is 2.13. The normalized spacial score (nSPS) is 17.4. The zero-order valence-corrected chi connectivity index (χ0v) is 10.5. The number of carbonyl (C=O) groups excluding carboxylic acids is 1. The van der Waals surface area contributed by atoms with Crippen molar-refractivity contribution in [1.29, 1.82) is 0 Å². The summed E-state index contributed by atoms with van der Waals surface area (Å²) < 4.78 is 4.88. The van der Waals surface area contributed by atoms with E-state index in [0.29, 0.717) is 5.92 Å². The summed E-state index contributed by atoms with van der Waals surface area (Å²) in [5, 5.41) is 4.19. The lowest BCUT2D eigenvalue weighted by Gasteiger charge is -2.25. The number of rotatable bonds is 5. The Kier molecular flexibility index (Phi) is 3.61. The molecule has 1 aliphatic carbocycles. The number of hydrogen-bond donors (Lipinski definition) is 0. The molecule has 16 heavy (non-hydrogen) atoms. The third-order valence-electron chi connectivity index (χ3n) is 3.00. The Morgan fingerprint density at radius 1 is 1.69 bits per heavy atom. The first-order chi connectivity index (χ1) is 7.72. The maximum atomic E-state index is 11.7. The molecule has 0 saturated heterocycles. The molecule has 0 amide bonds. The van der Waals surface area contributed by atoms with Crippen LogP contribution in [0.2, 0.25) is 0 Å². The Hall–Kier alpha value is -0.870. The Morgan fingerprint density at radius 3 is 2.94 bits per heavy atom. The molecule has 0 aliphatic heterocycles. The highest BCUT2D eigenvalue weighted by molar-refractivity contribution is 7.07. The van der Waals surface area contributed by atoms with Gasteiger partial charge in [-0.1, -0.05) is 0 Å². The van der Waals surface area contributed by atoms with Gasteiger partial charge in [0.1, 0.15) is 6.04 Å². The average Bonchev–Trinajstić information content (AvgIpc) is 2.96. The van der Waals surface area contributed by atoms with Crippen molar-refractivity contribution < 1.29 is 9.53 Å². The van der Waals surface area contributed by atoms with Crippen LogP contribution in [-0.4, -0.2) is 31.1 Å². The van der Waals surface area contributed by atoms with E-state index >= 15 is 0 Å². The van der Waals surface area contributed by atoms with E-state index in [1.54, 1.807) is 11.3 Å². The highest BCUT2D eigenvalue weighted by atomic mass is 32.1. The van der Waals surface area contributed by atoms with Crippen LogP contribution in [0.5, 0.6) is 0 Å². The van der Waals surface area contributed by atoms with Gasteiger partial charge in [-0.05, 0) is 48.2 Å². The molecule has 0 N–H and O–H groups in total. The molecule has 1 atom stereocenters. The summed E-state index contributed by atoms with van der Waals surface area (Å²) in [5.41, 5.74) is 1.27. The number of methoxy groups -OCH3 is 1. The molecule has 0 radical (unpaired) electrons. The monoisotopic (exact) mass is 239 g/mol. The van der Waals surface area contributed by atoms with E-state index < -0.39 is 0 Å². The van der Waals surface area contributed by atoms with Crippen LogP contribution in [0.1, 0.15) is 18.4 Å². The van der Waals surface area contributed by atoms with Gasteiger partial charge in [-0.3, -0.25) is 9.69 Å². The lowest BCUT2D eigenvalue weighted by molar-refractivity contribution is -0.147. The predicted molar refractivity (Wildman–Crippen MR) is 64.3 cm³/mol. The number of carbonyl (C=O) groups is 1. The molecule has 1 unspecified atom stereocenters. The molecule has 2 rings (SSSR count). The smallest absolute Gasteiger partial charge is 0.323 e. The summed E-state index contributed by atoms with van der Waals surface area (Å²) in [4.78, 5) is 13.8. The van der Waals surface area contributed by atoms with Crippen molar-refractivity contribution in [3.8, 4) is 0 Å². The van der Waals surface area contributed by atoms with Crippen molar-refractivity contribution in [2.24, 2.45) is 5.92 Å². The lowest BCUT2D eigenvalue weighted by atomic mass is 10.1. The summed E-state index contributed by atoms with van der Waals surface area (Å²) in [6.45, 7) is 0.819. The maximum absolute atomic E-state index is 11.7. The minimum absolute atomic E-state index is 0.0649. The van der Waals surface area contributed by atoms with E-state index in [4.69, 9.17) is 4.74 Å². The molecule has 3 nitrogen and oxygen atoms in total. The van der Waals surface area contributed by atoms with E-state index in [2.05, 4.69) is 21.7 Å². The molecule has 1 heterocycles. The quantitative estimate of drug-likeness (QED) is 0.737. The zero-order chi connectivity index (χ0) is 11.5. The second kappa shape index (κ2) is 4.97. The van der Waals surface area contributed by atoms with Gasteiger partial charge in [-0.15, -0.1) is 0 Å². The number of esters is 1. The number of nitrogens with zero attached hydrogens (tertiary/aromatic N) is 1. The first-order valence-corrected chi connectivity index (χ1v) is 6.46. The summed E-state index contributed by atoms with van der Waals surface area (Å²) in [6.07, 6.45) is 2.29. The third-order valence-corrected chi connectivity index (χ3v) is 3.73. The highest BCUT2D eigenvalue weighted by Gasteiger charge is 2.39. The molecular weight excluding hydrogens is 222 g/mol. The number of likely N-dealkylation sites (N-methyl/N-ethyl adjacent to an activating group) is 1. The summed E-state index contributed by atoms with van der Waals surface area (Å²) >= 11 is 1.69. The molecule has 4 heteroatoms. The van der Waals surface area contributed by atoms with Gasteiger partial charge in [-0.25, -0.2) is 0 Å². The SMILES string of the molecule is COC(=O)C(C1CC1)N(C)Cc1ccsc1. The van der Waals surface area contributed by atoms with Crippen LogP contribution >= 0.6 is 11.3 Å². The van der Waals surface area contributed by atoms with Crippen LogP contribution in [0.25, 0.3) is 0 Å². The van der Waals surface area contributed by atoms with E-state index in [-0.39, 0.29) is 12.0 Å². The Balaban J connectivity index is 1.99. The summed E-state index contributed by atoms with van der Waals surface area (Å²) in [6, 6.07) is 2.03. The van der Waals surface area contributed by atoms with Gasteiger partial charge in [0, 0.05) is 6.54 Å². The minimum atomic E-state index is -0.0970. The highest BCUT2D eigenvalue weighted by Crippen LogP contribution is 2.36. The van der Waals surface area contributed by atoms with Gasteiger partial charge in [0.25, 0.3) is 0 Å². The number of ether oxygens (including phenoxy) is 1. The Labute approximate surface area is 100 Å². The fraction of sp³-hybridized carbons (Fsp3) is 0.583. The van der Waals surface area contributed by atoms with Crippen LogP contribution in [-0.2, 0) is 16.1 Å². The molecule has 88 valence electrons. The Bertz CT molecular complexity index is 346. The zero-order valence-electron chi connectivity index (χ0n) is 9.68. The van der Waals surface area contributed by atoms with Gasteiger partial charge in [0.05, 0.1) is 7.11 Å². The summed E-state index contributed by atoms with van der Waals surface area (Å²) in [7, 11) is 3.47. The van der Waals surface area contributed by atoms with Crippen molar-refractivity contribution >= 4 is 17.3 Å².